The predicted octanol–water partition coefficient (Wildman–Crippen LogP) is 4.30. The maximum atomic E-state index is 12.7. The molecular formula is C22H24N4O. The lowest BCUT2D eigenvalue weighted by Crippen LogP contribution is -2.31. The molecule has 0 atom stereocenters. The van der Waals surface area contributed by atoms with Crippen molar-refractivity contribution >= 4 is 17.4 Å². The number of benzene rings is 2. The summed E-state index contributed by atoms with van der Waals surface area (Å²) in [6.45, 7) is 5.90. The molecule has 0 aliphatic carbocycles. The summed E-state index contributed by atoms with van der Waals surface area (Å²) in [5, 5.41) is 0. The van der Waals surface area contributed by atoms with Gasteiger partial charge in [0.1, 0.15) is 17.8 Å². The zero-order valence-electron chi connectivity index (χ0n) is 15.7. The molecule has 5 nitrogen and oxygen atoms in total. The minimum absolute atomic E-state index is 0.0728. The number of carbonyl (C=O) groups is 1. The van der Waals surface area contributed by atoms with Crippen molar-refractivity contribution in [1.29, 1.82) is 0 Å². The van der Waals surface area contributed by atoms with Crippen LogP contribution in [-0.4, -0.2) is 33.9 Å². The summed E-state index contributed by atoms with van der Waals surface area (Å²) in [5.74, 6) is 0.631. The predicted molar refractivity (Wildman–Crippen MR) is 108 cm³/mol. The first-order valence-corrected chi connectivity index (χ1v) is 9.20. The lowest BCUT2D eigenvalue weighted by Gasteiger charge is -2.25. The fourth-order valence-electron chi connectivity index (χ4n) is 2.96. The van der Waals surface area contributed by atoms with Crippen LogP contribution < -0.4 is 4.90 Å². The Balaban J connectivity index is 1.97. The summed E-state index contributed by atoms with van der Waals surface area (Å²) in [5.41, 5.74) is 2.59. The maximum absolute atomic E-state index is 12.7. The van der Waals surface area contributed by atoms with Crippen molar-refractivity contribution in [2.75, 3.05) is 18.0 Å². The Kier molecular flexibility index (Phi) is 6.15. The van der Waals surface area contributed by atoms with Gasteiger partial charge in [-0.15, -0.1) is 0 Å². The average Bonchev–Trinajstić information content (AvgIpc) is 2.74. The van der Waals surface area contributed by atoms with Crippen LogP contribution in [0.5, 0.6) is 0 Å². The zero-order chi connectivity index (χ0) is 19.1. The standard InChI is InChI=1S/C22H24N4O/c1-3-25(4-2)22(27)20-15-21(24-17-23-20)26(19-13-9-6-10-14-19)16-18-11-7-5-8-12-18/h5-15,17H,3-4,16H2,1-2H3. The van der Waals surface area contributed by atoms with E-state index in [1.165, 1.54) is 6.33 Å². The molecule has 5 heteroatoms. The van der Waals surface area contributed by atoms with Gasteiger partial charge in [-0.05, 0) is 31.5 Å². The molecule has 0 aliphatic heterocycles. The molecule has 1 aromatic heterocycles. The minimum Gasteiger partial charge on any atom is -0.338 e. The summed E-state index contributed by atoms with van der Waals surface area (Å²) >= 11 is 0. The first-order valence-electron chi connectivity index (χ1n) is 9.20. The van der Waals surface area contributed by atoms with Gasteiger partial charge in [0.2, 0.25) is 0 Å². The van der Waals surface area contributed by atoms with Crippen LogP contribution >= 0.6 is 0 Å². The van der Waals surface area contributed by atoms with Gasteiger partial charge in [0, 0.05) is 31.4 Å². The molecule has 0 radical (unpaired) electrons. The third kappa shape index (κ3) is 4.50. The minimum atomic E-state index is -0.0728. The van der Waals surface area contributed by atoms with Gasteiger partial charge in [-0.25, -0.2) is 9.97 Å². The van der Waals surface area contributed by atoms with Crippen molar-refractivity contribution in [1.82, 2.24) is 14.9 Å². The van der Waals surface area contributed by atoms with Crippen LogP contribution in [-0.2, 0) is 6.54 Å². The summed E-state index contributed by atoms with van der Waals surface area (Å²) in [6, 6.07) is 22.0. The quantitative estimate of drug-likeness (QED) is 0.630. The van der Waals surface area contributed by atoms with Gasteiger partial charge in [-0.1, -0.05) is 48.5 Å². The number of hydrogen-bond donors (Lipinski definition) is 0. The molecule has 0 aliphatic rings. The van der Waals surface area contributed by atoms with Crippen molar-refractivity contribution < 1.29 is 4.79 Å². The van der Waals surface area contributed by atoms with Crippen molar-refractivity contribution in [3.05, 3.63) is 84.3 Å². The molecule has 0 spiro atoms. The van der Waals surface area contributed by atoms with E-state index < -0.39 is 0 Å². The first kappa shape index (κ1) is 18.6. The lowest BCUT2D eigenvalue weighted by atomic mass is 10.2. The SMILES string of the molecule is CCN(CC)C(=O)c1cc(N(Cc2ccccc2)c2ccccc2)ncn1. The van der Waals surface area contributed by atoms with E-state index in [9.17, 15) is 4.79 Å². The molecule has 0 bridgehead atoms. The Hall–Kier alpha value is -3.21. The van der Waals surface area contributed by atoms with Crippen molar-refractivity contribution in [2.24, 2.45) is 0 Å². The van der Waals surface area contributed by atoms with E-state index in [0.29, 0.717) is 31.1 Å². The lowest BCUT2D eigenvalue weighted by molar-refractivity contribution is 0.0767. The number of anilines is 2. The van der Waals surface area contributed by atoms with Gasteiger partial charge < -0.3 is 9.80 Å². The van der Waals surface area contributed by atoms with Gasteiger partial charge in [-0.3, -0.25) is 4.79 Å². The largest absolute Gasteiger partial charge is 0.338 e. The normalized spacial score (nSPS) is 10.4. The van der Waals surface area contributed by atoms with Gasteiger partial charge in [0.05, 0.1) is 0 Å². The van der Waals surface area contributed by atoms with Crippen LogP contribution in [0, 0.1) is 0 Å². The van der Waals surface area contributed by atoms with Gasteiger partial charge in [0.15, 0.2) is 0 Å². The average molecular weight is 360 g/mol. The summed E-state index contributed by atoms with van der Waals surface area (Å²) in [4.78, 5) is 25.2. The van der Waals surface area contributed by atoms with Gasteiger partial charge in [-0.2, -0.15) is 0 Å². The Morgan fingerprint density at radius 3 is 2.15 bits per heavy atom. The van der Waals surface area contributed by atoms with Crippen LogP contribution in [0.3, 0.4) is 0 Å². The Labute approximate surface area is 160 Å². The fraction of sp³-hybridized carbons (Fsp3) is 0.227. The first-order chi connectivity index (χ1) is 13.2. The van der Waals surface area contributed by atoms with Crippen LogP contribution in [0.1, 0.15) is 29.9 Å². The van der Waals surface area contributed by atoms with Crippen molar-refractivity contribution in [3.63, 3.8) is 0 Å². The molecule has 1 amide bonds. The highest BCUT2D eigenvalue weighted by Gasteiger charge is 2.18. The van der Waals surface area contributed by atoms with E-state index >= 15 is 0 Å². The number of para-hydroxylation sites is 1. The smallest absolute Gasteiger partial charge is 0.272 e. The monoisotopic (exact) mass is 360 g/mol. The van der Waals surface area contributed by atoms with Crippen molar-refractivity contribution in [2.45, 2.75) is 20.4 Å². The van der Waals surface area contributed by atoms with Crippen LogP contribution in [0.25, 0.3) is 0 Å². The number of amides is 1. The van der Waals surface area contributed by atoms with E-state index in [1.54, 1.807) is 11.0 Å². The molecule has 3 aromatic rings. The third-order valence-electron chi connectivity index (χ3n) is 4.45. The van der Waals surface area contributed by atoms with Gasteiger partial charge in [0.25, 0.3) is 5.91 Å². The van der Waals surface area contributed by atoms with E-state index in [2.05, 4.69) is 27.0 Å². The van der Waals surface area contributed by atoms with Gasteiger partial charge >= 0.3 is 0 Å². The summed E-state index contributed by atoms with van der Waals surface area (Å²) in [6.07, 6.45) is 1.47. The van der Waals surface area contributed by atoms with Crippen molar-refractivity contribution in [3.8, 4) is 0 Å². The number of carbonyl (C=O) groups excluding carboxylic acids is 1. The number of nitrogens with zero attached hydrogens (tertiary/aromatic N) is 4. The molecule has 1 heterocycles. The summed E-state index contributed by atoms with van der Waals surface area (Å²) in [7, 11) is 0. The highest BCUT2D eigenvalue weighted by Crippen LogP contribution is 2.26. The Bertz CT molecular complexity index is 864. The molecule has 2 aromatic carbocycles. The molecule has 0 unspecified atom stereocenters. The zero-order valence-corrected chi connectivity index (χ0v) is 15.7. The summed E-state index contributed by atoms with van der Waals surface area (Å²) < 4.78 is 0. The van der Waals surface area contributed by atoms with Crippen LogP contribution in [0.4, 0.5) is 11.5 Å². The maximum Gasteiger partial charge on any atom is 0.272 e. The topological polar surface area (TPSA) is 49.3 Å². The molecular weight excluding hydrogens is 336 g/mol. The second-order valence-corrected chi connectivity index (χ2v) is 6.15. The number of rotatable bonds is 7. The Morgan fingerprint density at radius 1 is 0.889 bits per heavy atom. The fourth-order valence-corrected chi connectivity index (χ4v) is 2.96. The second kappa shape index (κ2) is 8.94. The number of hydrogen-bond acceptors (Lipinski definition) is 4. The highest BCUT2D eigenvalue weighted by molar-refractivity contribution is 5.93. The van der Waals surface area contributed by atoms with Crippen LogP contribution in [0.15, 0.2) is 73.1 Å². The Morgan fingerprint density at radius 2 is 1.52 bits per heavy atom. The highest BCUT2D eigenvalue weighted by atomic mass is 16.2. The van der Waals surface area contributed by atoms with E-state index in [4.69, 9.17) is 0 Å². The van der Waals surface area contributed by atoms with E-state index in [-0.39, 0.29) is 5.91 Å². The third-order valence-corrected chi connectivity index (χ3v) is 4.45. The molecule has 0 fully saturated rings. The second-order valence-electron chi connectivity index (χ2n) is 6.15. The molecule has 0 N–H and O–H groups in total. The molecule has 0 saturated heterocycles. The molecule has 27 heavy (non-hydrogen) atoms. The molecule has 0 saturated carbocycles. The molecule has 3 rings (SSSR count). The molecule has 138 valence electrons. The van der Waals surface area contributed by atoms with Crippen LogP contribution in [0.2, 0.25) is 0 Å². The van der Waals surface area contributed by atoms with E-state index in [1.807, 2.05) is 62.4 Å². The van der Waals surface area contributed by atoms with E-state index in [0.717, 1.165) is 11.3 Å². The number of aromatic nitrogens is 2.